The molecule has 1 heterocycles. The molecule has 2 N–H and O–H groups in total. The van der Waals surface area contributed by atoms with Crippen LogP contribution in [0, 0.1) is 17.5 Å². The predicted octanol–water partition coefficient (Wildman–Crippen LogP) is 2.44. The van der Waals surface area contributed by atoms with Crippen molar-refractivity contribution in [1.82, 2.24) is 20.4 Å². The number of anilines is 1. The third-order valence-corrected chi connectivity index (χ3v) is 3.06. The summed E-state index contributed by atoms with van der Waals surface area (Å²) in [5.74, 6) is -3.36. The Kier molecular flexibility index (Phi) is 4.15. The van der Waals surface area contributed by atoms with Crippen LogP contribution in [0.25, 0.3) is 5.69 Å². The van der Waals surface area contributed by atoms with Crippen molar-refractivity contribution < 1.29 is 18.0 Å². The number of nitrogens with zero attached hydrogens (tertiary/aromatic N) is 3. The van der Waals surface area contributed by atoms with Gasteiger partial charge < -0.3 is 0 Å². The summed E-state index contributed by atoms with van der Waals surface area (Å²) in [5, 5.41) is 7.36. The number of carbonyl (C=O) groups excluding carboxylic acids is 1. The summed E-state index contributed by atoms with van der Waals surface area (Å²) in [4.78, 5) is 11.9. The minimum atomic E-state index is -1.12. The molecule has 0 aliphatic carbocycles. The van der Waals surface area contributed by atoms with E-state index in [1.165, 1.54) is 41.2 Å². The summed E-state index contributed by atoms with van der Waals surface area (Å²) in [6, 6.07) is 9.05. The van der Waals surface area contributed by atoms with Gasteiger partial charge in [0.1, 0.15) is 5.82 Å². The Morgan fingerprint density at radius 2 is 1.88 bits per heavy atom. The van der Waals surface area contributed by atoms with Crippen molar-refractivity contribution in [3.8, 4) is 5.69 Å². The average Bonchev–Trinajstić information content (AvgIpc) is 3.06. The molecule has 0 unspecified atom stereocenters. The molecule has 1 amide bonds. The van der Waals surface area contributed by atoms with Gasteiger partial charge in [0.2, 0.25) is 0 Å². The van der Waals surface area contributed by atoms with Crippen LogP contribution in [0.5, 0.6) is 0 Å². The van der Waals surface area contributed by atoms with Crippen LogP contribution in [0.4, 0.5) is 18.9 Å². The quantitative estimate of drug-likeness (QED) is 0.720. The zero-order valence-corrected chi connectivity index (χ0v) is 12.0. The first-order valence-electron chi connectivity index (χ1n) is 6.73. The van der Waals surface area contributed by atoms with Gasteiger partial charge in [-0.2, -0.15) is 0 Å². The Labute approximate surface area is 133 Å². The maximum Gasteiger partial charge on any atom is 0.291 e. The zero-order valence-electron chi connectivity index (χ0n) is 12.0. The van der Waals surface area contributed by atoms with Gasteiger partial charge in [-0.15, -0.1) is 5.10 Å². The van der Waals surface area contributed by atoms with E-state index in [0.29, 0.717) is 5.69 Å². The number of halogens is 3. The van der Waals surface area contributed by atoms with Gasteiger partial charge in [0.15, 0.2) is 17.3 Å². The standard InChI is InChI=1S/C15H10F3N5O/c16-9-3-1-4-10(7-9)23-8-13(20-22-23)15(24)21-19-12-6-2-5-11(17)14(12)18/h1-8,19H,(H,21,24). The van der Waals surface area contributed by atoms with Gasteiger partial charge in [0, 0.05) is 0 Å². The second kappa shape index (κ2) is 6.41. The molecule has 1 aromatic heterocycles. The number of amides is 1. The van der Waals surface area contributed by atoms with Crippen LogP contribution in [0.15, 0.2) is 48.7 Å². The molecule has 0 fully saturated rings. The fourth-order valence-corrected chi connectivity index (χ4v) is 1.90. The van der Waals surface area contributed by atoms with Crippen LogP contribution >= 0.6 is 0 Å². The Bertz CT molecular complexity index is 896. The third-order valence-electron chi connectivity index (χ3n) is 3.06. The number of rotatable bonds is 4. The second-order valence-corrected chi connectivity index (χ2v) is 4.71. The van der Waals surface area contributed by atoms with Crippen molar-refractivity contribution in [2.45, 2.75) is 0 Å². The van der Waals surface area contributed by atoms with Crippen LogP contribution in [0.3, 0.4) is 0 Å². The molecule has 122 valence electrons. The molecule has 0 saturated heterocycles. The molecule has 0 bridgehead atoms. The van der Waals surface area contributed by atoms with E-state index in [2.05, 4.69) is 21.2 Å². The van der Waals surface area contributed by atoms with Crippen molar-refractivity contribution >= 4 is 11.6 Å². The smallest absolute Gasteiger partial charge is 0.291 e. The van der Waals surface area contributed by atoms with Crippen molar-refractivity contribution in [2.75, 3.05) is 5.43 Å². The molecule has 0 spiro atoms. The molecule has 0 atom stereocenters. The molecule has 24 heavy (non-hydrogen) atoms. The van der Waals surface area contributed by atoms with E-state index in [9.17, 15) is 18.0 Å². The fraction of sp³-hybridized carbons (Fsp3) is 0. The van der Waals surface area contributed by atoms with Crippen LogP contribution in [0.2, 0.25) is 0 Å². The second-order valence-electron chi connectivity index (χ2n) is 4.71. The number of benzene rings is 2. The zero-order chi connectivity index (χ0) is 17.1. The van der Waals surface area contributed by atoms with Gasteiger partial charge >= 0.3 is 0 Å². The lowest BCUT2D eigenvalue weighted by atomic mass is 10.3. The van der Waals surface area contributed by atoms with Gasteiger partial charge in [-0.25, -0.2) is 17.9 Å². The highest BCUT2D eigenvalue weighted by Gasteiger charge is 2.13. The lowest BCUT2D eigenvalue weighted by Gasteiger charge is -2.08. The molecule has 3 rings (SSSR count). The summed E-state index contributed by atoms with van der Waals surface area (Å²) >= 11 is 0. The molecular formula is C15H10F3N5O. The van der Waals surface area contributed by atoms with Crippen molar-refractivity contribution in [1.29, 1.82) is 0 Å². The number of aromatic nitrogens is 3. The molecule has 0 aliphatic heterocycles. The molecule has 6 nitrogen and oxygen atoms in total. The first-order chi connectivity index (χ1) is 11.5. The van der Waals surface area contributed by atoms with Gasteiger partial charge in [-0.3, -0.25) is 15.6 Å². The van der Waals surface area contributed by atoms with E-state index in [4.69, 9.17) is 0 Å². The predicted molar refractivity (Wildman–Crippen MR) is 78.8 cm³/mol. The van der Waals surface area contributed by atoms with E-state index in [1.54, 1.807) is 6.07 Å². The molecule has 0 saturated carbocycles. The largest absolute Gasteiger partial charge is 0.295 e. The monoisotopic (exact) mass is 333 g/mol. The summed E-state index contributed by atoms with van der Waals surface area (Å²) in [5.41, 5.74) is 4.48. The molecular weight excluding hydrogens is 323 g/mol. The highest BCUT2D eigenvalue weighted by atomic mass is 19.2. The minimum absolute atomic E-state index is 0.0939. The highest BCUT2D eigenvalue weighted by molar-refractivity contribution is 5.92. The molecule has 0 radical (unpaired) electrons. The van der Waals surface area contributed by atoms with Gasteiger partial charge in [0.05, 0.1) is 17.6 Å². The number of carbonyl (C=O) groups is 1. The van der Waals surface area contributed by atoms with Crippen molar-refractivity contribution in [3.05, 3.63) is 71.8 Å². The van der Waals surface area contributed by atoms with Crippen molar-refractivity contribution in [2.24, 2.45) is 0 Å². The topological polar surface area (TPSA) is 71.8 Å². The van der Waals surface area contributed by atoms with Crippen LogP contribution in [0.1, 0.15) is 10.5 Å². The summed E-state index contributed by atoms with van der Waals surface area (Å²) in [6.45, 7) is 0. The number of hydrogen-bond acceptors (Lipinski definition) is 4. The van der Waals surface area contributed by atoms with Gasteiger partial charge in [-0.1, -0.05) is 17.3 Å². The lowest BCUT2D eigenvalue weighted by Crippen LogP contribution is -2.30. The van der Waals surface area contributed by atoms with Crippen LogP contribution in [-0.2, 0) is 0 Å². The average molecular weight is 333 g/mol. The molecule has 0 aliphatic rings. The first-order valence-corrected chi connectivity index (χ1v) is 6.73. The normalized spacial score (nSPS) is 10.5. The maximum atomic E-state index is 13.5. The van der Waals surface area contributed by atoms with E-state index in [1.807, 2.05) is 0 Å². The SMILES string of the molecule is O=C(NNc1cccc(F)c1F)c1cn(-c2cccc(F)c2)nn1. The first kappa shape index (κ1) is 15.5. The van der Waals surface area contributed by atoms with Gasteiger partial charge in [0.25, 0.3) is 5.91 Å². The number of nitrogens with one attached hydrogen (secondary N) is 2. The summed E-state index contributed by atoms with van der Waals surface area (Å²) < 4.78 is 40.9. The Balaban J connectivity index is 1.71. The van der Waals surface area contributed by atoms with Crippen molar-refractivity contribution in [3.63, 3.8) is 0 Å². The van der Waals surface area contributed by atoms with Crippen LogP contribution in [-0.4, -0.2) is 20.9 Å². The molecule has 9 heteroatoms. The van der Waals surface area contributed by atoms with E-state index < -0.39 is 23.4 Å². The summed E-state index contributed by atoms with van der Waals surface area (Å²) in [7, 11) is 0. The Hall–Kier alpha value is -3.36. The van der Waals surface area contributed by atoms with E-state index >= 15 is 0 Å². The molecule has 3 aromatic rings. The fourth-order valence-electron chi connectivity index (χ4n) is 1.90. The Morgan fingerprint density at radius 1 is 1.08 bits per heavy atom. The molecule has 2 aromatic carbocycles. The Morgan fingerprint density at radius 3 is 2.67 bits per heavy atom. The number of hydrazine groups is 1. The number of hydrogen-bond donors (Lipinski definition) is 2. The highest BCUT2D eigenvalue weighted by Crippen LogP contribution is 2.15. The van der Waals surface area contributed by atoms with E-state index in [-0.39, 0.29) is 11.4 Å². The van der Waals surface area contributed by atoms with E-state index in [0.717, 1.165) is 6.07 Å². The maximum absolute atomic E-state index is 13.5. The summed E-state index contributed by atoms with van der Waals surface area (Å²) in [6.07, 6.45) is 1.27. The third kappa shape index (κ3) is 3.19. The van der Waals surface area contributed by atoms with Gasteiger partial charge in [-0.05, 0) is 30.3 Å². The lowest BCUT2D eigenvalue weighted by molar-refractivity contribution is 0.0957. The minimum Gasteiger partial charge on any atom is -0.295 e. The van der Waals surface area contributed by atoms with Crippen LogP contribution < -0.4 is 10.9 Å².